The van der Waals surface area contributed by atoms with Crippen LogP contribution < -0.4 is 5.32 Å². The molecule has 0 spiro atoms. The Kier molecular flexibility index (Phi) is 6.45. The number of piperidine rings is 1. The van der Waals surface area contributed by atoms with Crippen LogP contribution in [0.25, 0.3) is 0 Å². The van der Waals surface area contributed by atoms with Gasteiger partial charge in [-0.05, 0) is 43.5 Å². The van der Waals surface area contributed by atoms with Crippen LogP contribution in [0.3, 0.4) is 0 Å². The van der Waals surface area contributed by atoms with Gasteiger partial charge in [0.25, 0.3) is 0 Å². The summed E-state index contributed by atoms with van der Waals surface area (Å²) in [7, 11) is 1.75. The van der Waals surface area contributed by atoms with E-state index < -0.39 is 0 Å². The fourth-order valence-electron chi connectivity index (χ4n) is 3.35. The van der Waals surface area contributed by atoms with Gasteiger partial charge in [0.05, 0.1) is 12.2 Å². The van der Waals surface area contributed by atoms with Gasteiger partial charge < -0.3 is 14.7 Å². The number of aromatic nitrogens is 1. The van der Waals surface area contributed by atoms with Gasteiger partial charge in [-0.1, -0.05) is 24.2 Å². The van der Waals surface area contributed by atoms with Gasteiger partial charge in [-0.3, -0.25) is 4.90 Å². The third-order valence-electron chi connectivity index (χ3n) is 4.86. The number of aryl methyl sites for hydroxylation is 1. The van der Waals surface area contributed by atoms with Gasteiger partial charge in [-0.2, -0.15) is 0 Å². The molecule has 2 amide bonds. The summed E-state index contributed by atoms with van der Waals surface area (Å²) in [6, 6.07) is 8.48. The highest BCUT2D eigenvalue weighted by atomic mass is 19.1. The number of hydrogen-bond donors (Lipinski definition) is 1. The van der Waals surface area contributed by atoms with Crippen LogP contribution in [0.1, 0.15) is 36.8 Å². The number of nitrogens with zero attached hydrogens (tertiary/aromatic N) is 3. The van der Waals surface area contributed by atoms with Crippen LogP contribution in [-0.4, -0.2) is 47.2 Å². The Balaban J connectivity index is 1.48. The lowest BCUT2D eigenvalue weighted by molar-refractivity contribution is 0.165. The van der Waals surface area contributed by atoms with Gasteiger partial charge in [0.15, 0.2) is 5.76 Å². The van der Waals surface area contributed by atoms with Crippen LogP contribution in [0.4, 0.5) is 9.18 Å². The van der Waals surface area contributed by atoms with Crippen LogP contribution >= 0.6 is 0 Å². The maximum absolute atomic E-state index is 13.0. The van der Waals surface area contributed by atoms with Crippen molar-refractivity contribution in [1.82, 2.24) is 20.3 Å². The highest BCUT2D eigenvalue weighted by molar-refractivity contribution is 5.74. The normalized spacial score (nSPS) is 17.7. The monoisotopic (exact) mass is 374 g/mol. The molecule has 1 fully saturated rings. The molecule has 0 saturated carbocycles. The molecule has 2 aromatic rings. The number of halogens is 1. The van der Waals surface area contributed by atoms with E-state index in [-0.39, 0.29) is 17.9 Å². The largest absolute Gasteiger partial charge is 0.359 e. The van der Waals surface area contributed by atoms with Crippen LogP contribution in [0.15, 0.2) is 34.9 Å². The van der Waals surface area contributed by atoms with Gasteiger partial charge in [0.2, 0.25) is 0 Å². The molecule has 0 unspecified atom stereocenters. The minimum absolute atomic E-state index is 0.107. The van der Waals surface area contributed by atoms with Crippen LogP contribution in [0, 0.1) is 5.82 Å². The molecule has 1 atom stereocenters. The molecule has 0 radical (unpaired) electrons. The Labute approximate surface area is 159 Å². The SMILES string of the molecule is CCc1cc(CN(C)C(=O)N[C@H]2CCCN(Cc3ccc(F)cc3)C2)on1. The lowest BCUT2D eigenvalue weighted by atomic mass is 10.0. The molecule has 1 aliphatic heterocycles. The second-order valence-corrected chi connectivity index (χ2v) is 7.14. The van der Waals surface area contributed by atoms with E-state index in [4.69, 9.17) is 4.52 Å². The zero-order valence-electron chi connectivity index (χ0n) is 15.9. The molecule has 0 bridgehead atoms. The first kappa shape index (κ1) is 19.4. The molecule has 6 nitrogen and oxygen atoms in total. The Morgan fingerprint density at radius 3 is 2.89 bits per heavy atom. The summed E-state index contributed by atoms with van der Waals surface area (Å²) >= 11 is 0. The molecule has 1 saturated heterocycles. The molecule has 7 heteroatoms. The van der Waals surface area contributed by atoms with Crippen molar-refractivity contribution in [3.05, 3.63) is 53.2 Å². The predicted molar refractivity (Wildman–Crippen MR) is 101 cm³/mol. The molecule has 3 rings (SSSR count). The van der Waals surface area contributed by atoms with E-state index in [1.165, 1.54) is 12.1 Å². The molecule has 2 heterocycles. The number of likely N-dealkylation sites (tertiary alicyclic amines) is 1. The summed E-state index contributed by atoms with van der Waals surface area (Å²) in [6.45, 7) is 4.95. The van der Waals surface area contributed by atoms with E-state index in [9.17, 15) is 9.18 Å². The number of rotatable bonds is 6. The second kappa shape index (κ2) is 8.99. The van der Waals surface area contributed by atoms with Gasteiger partial charge in [0, 0.05) is 32.2 Å². The van der Waals surface area contributed by atoms with E-state index in [0.29, 0.717) is 12.3 Å². The zero-order chi connectivity index (χ0) is 19.2. The average Bonchev–Trinajstić information content (AvgIpc) is 3.11. The van der Waals surface area contributed by atoms with Crippen LogP contribution in [0.5, 0.6) is 0 Å². The van der Waals surface area contributed by atoms with Crippen molar-refractivity contribution < 1.29 is 13.7 Å². The Bertz CT molecular complexity index is 747. The number of hydrogen-bond acceptors (Lipinski definition) is 4. The highest BCUT2D eigenvalue weighted by Crippen LogP contribution is 2.15. The van der Waals surface area contributed by atoms with Gasteiger partial charge in [-0.15, -0.1) is 0 Å². The predicted octanol–water partition coefficient (Wildman–Crippen LogP) is 3.18. The number of carbonyl (C=O) groups is 1. The van der Waals surface area contributed by atoms with E-state index in [1.807, 2.05) is 25.1 Å². The Morgan fingerprint density at radius 1 is 1.41 bits per heavy atom. The van der Waals surface area contributed by atoms with Crippen molar-refractivity contribution in [2.45, 2.75) is 45.3 Å². The van der Waals surface area contributed by atoms with Crippen LogP contribution in [-0.2, 0) is 19.5 Å². The smallest absolute Gasteiger partial charge is 0.317 e. The molecule has 27 heavy (non-hydrogen) atoms. The second-order valence-electron chi connectivity index (χ2n) is 7.14. The lowest BCUT2D eigenvalue weighted by Crippen LogP contribution is -2.50. The number of carbonyl (C=O) groups excluding carboxylic acids is 1. The molecule has 1 N–H and O–H groups in total. The summed E-state index contributed by atoms with van der Waals surface area (Å²) < 4.78 is 18.3. The van der Waals surface area contributed by atoms with Gasteiger partial charge >= 0.3 is 6.03 Å². The molecule has 0 aliphatic carbocycles. The van der Waals surface area contributed by atoms with E-state index in [0.717, 1.165) is 50.2 Å². The van der Waals surface area contributed by atoms with Gasteiger partial charge in [-0.25, -0.2) is 9.18 Å². The Morgan fingerprint density at radius 2 is 2.19 bits per heavy atom. The van der Waals surface area contributed by atoms with E-state index >= 15 is 0 Å². The quantitative estimate of drug-likeness (QED) is 0.844. The minimum atomic E-state index is -0.219. The summed E-state index contributed by atoms with van der Waals surface area (Å²) in [5.74, 6) is 0.467. The van der Waals surface area contributed by atoms with Crippen LogP contribution in [0.2, 0.25) is 0 Å². The maximum Gasteiger partial charge on any atom is 0.317 e. The van der Waals surface area contributed by atoms with Gasteiger partial charge in [0.1, 0.15) is 5.82 Å². The summed E-state index contributed by atoms with van der Waals surface area (Å²) in [6.07, 6.45) is 2.80. The molecule has 1 aromatic heterocycles. The average molecular weight is 374 g/mol. The van der Waals surface area contributed by atoms with Crippen molar-refractivity contribution in [3.63, 3.8) is 0 Å². The molecule has 1 aromatic carbocycles. The van der Waals surface area contributed by atoms with E-state index in [1.54, 1.807) is 11.9 Å². The lowest BCUT2D eigenvalue weighted by Gasteiger charge is -2.34. The molecule has 1 aliphatic rings. The summed E-state index contributed by atoms with van der Waals surface area (Å²) in [5, 5.41) is 7.06. The fraction of sp³-hybridized carbons (Fsp3) is 0.500. The van der Waals surface area contributed by atoms with Crippen molar-refractivity contribution >= 4 is 6.03 Å². The number of amides is 2. The minimum Gasteiger partial charge on any atom is -0.359 e. The first-order valence-electron chi connectivity index (χ1n) is 9.46. The first-order valence-corrected chi connectivity index (χ1v) is 9.46. The third kappa shape index (κ3) is 5.53. The topological polar surface area (TPSA) is 61.6 Å². The van der Waals surface area contributed by atoms with Crippen molar-refractivity contribution in [3.8, 4) is 0 Å². The van der Waals surface area contributed by atoms with E-state index in [2.05, 4.69) is 15.4 Å². The molecular formula is C20H27FN4O2. The number of nitrogens with one attached hydrogen (secondary N) is 1. The maximum atomic E-state index is 13.0. The highest BCUT2D eigenvalue weighted by Gasteiger charge is 2.23. The Hall–Kier alpha value is -2.41. The first-order chi connectivity index (χ1) is 13.0. The molecular weight excluding hydrogens is 347 g/mol. The summed E-state index contributed by atoms with van der Waals surface area (Å²) in [4.78, 5) is 16.4. The van der Waals surface area contributed by atoms with Crippen molar-refractivity contribution in [2.75, 3.05) is 20.1 Å². The summed E-state index contributed by atoms with van der Waals surface area (Å²) in [5.41, 5.74) is 1.97. The zero-order valence-corrected chi connectivity index (χ0v) is 15.9. The standard InChI is InChI=1S/C20H27FN4O2/c1-3-17-11-19(27-23-17)14-24(2)20(26)22-18-5-4-10-25(13-18)12-15-6-8-16(21)9-7-15/h6-9,11,18H,3-5,10,12-14H2,1-2H3,(H,22,26)/t18-/m0/s1. The number of benzene rings is 1. The molecule has 146 valence electrons. The van der Waals surface area contributed by atoms with Crippen molar-refractivity contribution in [1.29, 1.82) is 0 Å². The third-order valence-corrected chi connectivity index (χ3v) is 4.86. The van der Waals surface area contributed by atoms with Crippen molar-refractivity contribution in [2.24, 2.45) is 0 Å². The number of urea groups is 1. The fourth-order valence-corrected chi connectivity index (χ4v) is 3.35.